The molecular weight excluding hydrogens is 525 g/mol. The molecule has 0 saturated carbocycles. The van der Waals surface area contributed by atoms with Crippen LogP contribution >= 0.6 is 11.3 Å². The van der Waals surface area contributed by atoms with Crippen LogP contribution in [-0.4, -0.2) is 54.2 Å². The van der Waals surface area contributed by atoms with Gasteiger partial charge in [0.05, 0.1) is 0 Å². The molecule has 0 spiro atoms. The number of rotatable bonds is 4. The molecule has 0 fully saturated rings. The monoisotopic (exact) mass is 541 g/mol. The zero-order chi connectivity index (χ0) is 29.0. The molecule has 0 amide bonds. The van der Waals surface area contributed by atoms with Crippen LogP contribution in [0.2, 0.25) is 0 Å². The van der Waals surface area contributed by atoms with Gasteiger partial charge < -0.3 is 0 Å². The van der Waals surface area contributed by atoms with E-state index in [0.29, 0.717) is 34.0 Å². The van der Waals surface area contributed by atoms with Crippen LogP contribution in [0.1, 0.15) is 0 Å². The highest BCUT2D eigenvalue weighted by Gasteiger charge is 2.21. The Bertz CT molecular complexity index is 2060. The van der Waals surface area contributed by atoms with E-state index in [0.717, 1.165) is 42.4 Å². The van der Waals surface area contributed by atoms with Gasteiger partial charge in [-0.3, -0.25) is 0 Å². The molecule has 0 saturated heterocycles. The highest BCUT2D eigenvalue weighted by atomic mass is 32.1. The lowest BCUT2D eigenvalue weighted by molar-refractivity contribution is 1.08. The number of aromatic nitrogens is 3. The molecule has 0 atom stereocenters. The van der Waals surface area contributed by atoms with Crippen molar-refractivity contribution in [2.75, 3.05) is 0 Å². The van der Waals surface area contributed by atoms with Crippen LogP contribution in [0.3, 0.4) is 0 Å². The van der Waals surface area contributed by atoms with Crippen molar-refractivity contribution in [2.45, 2.75) is 0 Å². The highest BCUT2D eigenvalue weighted by Crippen LogP contribution is 2.43. The first-order chi connectivity index (χ1) is 20.4. The van der Waals surface area contributed by atoms with E-state index in [4.69, 9.17) is 54.2 Å². The minimum Gasteiger partial charge on any atom is -0.208 e. The Labute approximate surface area is 254 Å². The Morgan fingerprint density at radius 3 is 1.36 bits per heavy atom. The Morgan fingerprint density at radius 1 is 0.405 bits per heavy atom. The molecule has 9 heteroatoms. The Balaban J connectivity index is 1.56. The van der Waals surface area contributed by atoms with Gasteiger partial charge in [-0.05, 0) is 23.3 Å². The van der Waals surface area contributed by atoms with Crippen LogP contribution < -0.4 is 27.3 Å². The lowest BCUT2D eigenvalue weighted by atomic mass is 9.59. The third kappa shape index (κ3) is 4.31. The van der Waals surface area contributed by atoms with Gasteiger partial charge in [-0.2, -0.15) is 0 Å². The summed E-state index contributed by atoms with van der Waals surface area (Å²) in [4.78, 5) is 14.8. The first-order valence-corrected chi connectivity index (χ1v) is 14.1. The minimum atomic E-state index is 0.184. The van der Waals surface area contributed by atoms with Crippen molar-refractivity contribution in [3.8, 4) is 45.3 Å². The Kier molecular flexibility index (Phi) is 6.63. The minimum absolute atomic E-state index is 0.184. The van der Waals surface area contributed by atoms with Crippen molar-refractivity contribution < 1.29 is 0 Å². The lowest BCUT2D eigenvalue weighted by Crippen LogP contribution is -2.55. The SMILES string of the molecule is [B]c1c([B])c([B])c(-c2cccc3sc4cccc(-c5nc(-c6ccccc6)nc(-c6ccccc6)n5)c4c23)c([B])c1[B]. The summed E-state index contributed by atoms with van der Waals surface area (Å²) >= 11 is 1.66. The third-order valence-electron chi connectivity index (χ3n) is 7.43. The molecule has 10 radical (unpaired) electrons. The van der Waals surface area contributed by atoms with Gasteiger partial charge in [-0.1, -0.05) is 95.9 Å². The maximum Gasteiger partial charge on any atom is 0.164 e. The zero-order valence-corrected chi connectivity index (χ0v) is 23.2. The molecule has 184 valence electrons. The molecule has 0 aliphatic carbocycles. The van der Waals surface area contributed by atoms with Crippen molar-refractivity contribution in [3.63, 3.8) is 0 Å². The average Bonchev–Trinajstić information content (AvgIpc) is 3.43. The lowest BCUT2D eigenvalue weighted by Gasteiger charge is -2.22. The van der Waals surface area contributed by atoms with E-state index in [2.05, 4.69) is 12.1 Å². The summed E-state index contributed by atoms with van der Waals surface area (Å²) in [5.41, 5.74) is 5.22. The van der Waals surface area contributed by atoms with Gasteiger partial charge >= 0.3 is 0 Å². The summed E-state index contributed by atoms with van der Waals surface area (Å²) in [7, 11) is 31.7. The molecule has 7 aromatic rings. The fourth-order valence-electron chi connectivity index (χ4n) is 5.33. The van der Waals surface area contributed by atoms with Crippen LogP contribution in [0.4, 0.5) is 0 Å². The molecule has 0 unspecified atom stereocenters. The molecule has 5 aromatic carbocycles. The molecule has 0 aliphatic heterocycles. The maximum atomic E-state index is 6.54. The second-order valence-corrected chi connectivity index (χ2v) is 11.0. The highest BCUT2D eigenvalue weighted by molar-refractivity contribution is 7.26. The molecule has 2 aromatic heterocycles. The molecular formula is C33H16B5N3S. The molecule has 7 rings (SSSR count). The predicted octanol–water partition coefficient (Wildman–Crippen LogP) is 2.88. The van der Waals surface area contributed by atoms with E-state index in [1.807, 2.05) is 84.9 Å². The van der Waals surface area contributed by atoms with Crippen molar-refractivity contribution in [2.24, 2.45) is 0 Å². The Hall–Kier alpha value is -4.35. The van der Waals surface area contributed by atoms with Gasteiger partial charge in [0.25, 0.3) is 0 Å². The third-order valence-corrected chi connectivity index (χ3v) is 8.55. The summed E-state index contributed by atoms with van der Waals surface area (Å²) in [6.45, 7) is 0. The van der Waals surface area contributed by atoms with E-state index in [1.165, 1.54) is 0 Å². The maximum absolute atomic E-state index is 6.54. The average molecular weight is 541 g/mol. The normalized spacial score (nSPS) is 11.3. The topological polar surface area (TPSA) is 38.7 Å². The Morgan fingerprint density at radius 2 is 0.833 bits per heavy atom. The number of fused-ring (bicyclic) bond motifs is 3. The summed E-state index contributed by atoms with van der Waals surface area (Å²) in [5, 5.41) is 1.93. The number of hydrogen-bond donors (Lipinski definition) is 0. The van der Waals surface area contributed by atoms with Gasteiger partial charge in [0, 0.05) is 36.9 Å². The van der Waals surface area contributed by atoms with Crippen LogP contribution in [0.5, 0.6) is 0 Å². The van der Waals surface area contributed by atoms with E-state index >= 15 is 0 Å². The van der Waals surface area contributed by atoms with Crippen molar-refractivity contribution >= 4 is 98.1 Å². The van der Waals surface area contributed by atoms with Gasteiger partial charge in [-0.15, -0.1) is 27.7 Å². The molecule has 0 N–H and O–H groups in total. The largest absolute Gasteiger partial charge is 0.208 e. The first-order valence-electron chi connectivity index (χ1n) is 13.3. The van der Waals surface area contributed by atoms with Crippen LogP contribution in [0.15, 0.2) is 97.1 Å². The van der Waals surface area contributed by atoms with Crippen molar-refractivity contribution in [1.29, 1.82) is 0 Å². The molecule has 42 heavy (non-hydrogen) atoms. The number of thiophene rings is 1. The van der Waals surface area contributed by atoms with E-state index in [-0.39, 0.29) is 16.4 Å². The van der Waals surface area contributed by atoms with E-state index < -0.39 is 0 Å². The van der Waals surface area contributed by atoms with Gasteiger partial charge in [0.2, 0.25) is 0 Å². The summed E-state index contributed by atoms with van der Waals surface area (Å²) in [6, 6.07) is 31.9. The second kappa shape index (κ2) is 10.5. The van der Waals surface area contributed by atoms with Crippen molar-refractivity contribution in [3.05, 3.63) is 97.1 Å². The molecule has 3 nitrogen and oxygen atoms in total. The number of benzene rings is 5. The van der Waals surface area contributed by atoms with Gasteiger partial charge in [-0.25, -0.2) is 15.0 Å². The smallest absolute Gasteiger partial charge is 0.164 e. The van der Waals surface area contributed by atoms with Gasteiger partial charge in [0.1, 0.15) is 39.2 Å². The standard InChI is InChI=1S/C33H16B5N3S/c34-26-25(27(35)29(37)30(38)28(26)36)19-13-7-15-21-23(19)24-20(14-8-16-22(24)42-21)33-40-31(17-9-3-1-4-10-17)39-32(41-33)18-11-5-2-6-12-18/h1-16H. The molecule has 0 aliphatic rings. The van der Waals surface area contributed by atoms with Crippen LogP contribution in [0.25, 0.3) is 65.5 Å². The second-order valence-electron chi connectivity index (χ2n) is 9.94. The first kappa shape index (κ1) is 26.5. The predicted molar refractivity (Wildman–Crippen MR) is 181 cm³/mol. The summed E-state index contributed by atoms with van der Waals surface area (Å²) in [6.07, 6.45) is 0. The van der Waals surface area contributed by atoms with E-state index in [1.54, 1.807) is 11.3 Å². The van der Waals surface area contributed by atoms with E-state index in [9.17, 15) is 0 Å². The summed E-state index contributed by atoms with van der Waals surface area (Å²) in [5.74, 6) is 1.73. The fourth-order valence-corrected chi connectivity index (χ4v) is 6.49. The molecule has 2 heterocycles. The zero-order valence-electron chi connectivity index (χ0n) is 22.4. The van der Waals surface area contributed by atoms with Crippen LogP contribution in [-0.2, 0) is 0 Å². The van der Waals surface area contributed by atoms with Gasteiger partial charge in [0.15, 0.2) is 17.5 Å². The van der Waals surface area contributed by atoms with Crippen LogP contribution in [0, 0.1) is 0 Å². The number of hydrogen-bond acceptors (Lipinski definition) is 4. The molecule has 0 bridgehead atoms. The quantitative estimate of drug-likeness (QED) is 0.323. The summed E-state index contributed by atoms with van der Waals surface area (Å²) < 4.78 is 2.11. The fraction of sp³-hybridized carbons (Fsp3) is 0. The number of nitrogens with zero attached hydrogens (tertiary/aromatic N) is 3. The van der Waals surface area contributed by atoms with Crippen molar-refractivity contribution in [1.82, 2.24) is 15.0 Å².